The highest BCUT2D eigenvalue weighted by Crippen LogP contribution is 2.22. The minimum Gasteiger partial charge on any atom is -0.326 e. The number of carbonyl (C=O) groups is 1. The Hall–Kier alpha value is -1.87. The van der Waals surface area contributed by atoms with Gasteiger partial charge in [-0.3, -0.25) is 4.79 Å². The fourth-order valence-electron chi connectivity index (χ4n) is 2.42. The molecule has 1 aromatic rings. The van der Waals surface area contributed by atoms with Gasteiger partial charge in [-0.15, -0.1) is 0 Å². The van der Waals surface area contributed by atoms with Gasteiger partial charge in [-0.25, -0.2) is 8.42 Å². The molecule has 0 aromatic heterocycles. The quantitative estimate of drug-likeness (QED) is 0.918. The van der Waals surface area contributed by atoms with Crippen LogP contribution < -0.4 is 5.32 Å². The number of nitriles is 1. The smallest absolute Gasteiger partial charge is 0.224 e. The number of nitrogens with zero attached hydrogens (tertiary/aromatic N) is 1. The standard InChI is InChI=1S/C14H16N2O3S/c15-9-11-3-1-5-13(7-11)16-14(17)8-12-4-2-6-20(18,19)10-12/h1,3,5,7,12H,2,4,6,8,10H2,(H,16,17). The van der Waals surface area contributed by atoms with Crippen molar-refractivity contribution in [3.63, 3.8) is 0 Å². The van der Waals surface area contributed by atoms with Crippen molar-refractivity contribution in [1.29, 1.82) is 5.26 Å². The molecule has 2 rings (SSSR count). The predicted octanol–water partition coefficient (Wildman–Crippen LogP) is 1.71. The summed E-state index contributed by atoms with van der Waals surface area (Å²) < 4.78 is 23.0. The second kappa shape index (κ2) is 6.06. The highest BCUT2D eigenvalue weighted by molar-refractivity contribution is 7.91. The molecule has 1 aromatic carbocycles. The Morgan fingerprint density at radius 2 is 2.25 bits per heavy atom. The molecule has 1 N–H and O–H groups in total. The fourth-order valence-corrected chi connectivity index (χ4v) is 4.20. The highest BCUT2D eigenvalue weighted by atomic mass is 32.2. The second-order valence-electron chi connectivity index (χ2n) is 5.07. The topological polar surface area (TPSA) is 87.0 Å². The summed E-state index contributed by atoms with van der Waals surface area (Å²) in [5.74, 6) is 0.0173. The number of amides is 1. The maximum Gasteiger partial charge on any atom is 0.224 e. The largest absolute Gasteiger partial charge is 0.326 e. The van der Waals surface area contributed by atoms with Crippen LogP contribution >= 0.6 is 0 Å². The van der Waals surface area contributed by atoms with E-state index in [1.54, 1.807) is 24.3 Å². The average molecular weight is 292 g/mol. The van der Waals surface area contributed by atoms with Gasteiger partial charge in [0.25, 0.3) is 0 Å². The van der Waals surface area contributed by atoms with Crippen LogP contribution in [0.2, 0.25) is 0 Å². The zero-order valence-corrected chi connectivity index (χ0v) is 11.8. The lowest BCUT2D eigenvalue weighted by Crippen LogP contribution is -2.28. The van der Waals surface area contributed by atoms with Crippen LogP contribution in [0.15, 0.2) is 24.3 Å². The predicted molar refractivity (Wildman–Crippen MR) is 75.8 cm³/mol. The molecule has 1 saturated heterocycles. The van der Waals surface area contributed by atoms with Gasteiger partial charge in [0.2, 0.25) is 5.91 Å². The molecule has 1 aliphatic rings. The van der Waals surface area contributed by atoms with E-state index in [1.807, 2.05) is 6.07 Å². The first-order valence-electron chi connectivity index (χ1n) is 6.49. The Morgan fingerprint density at radius 1 is 1.45 bits per heavy atom. The second-order valence-corrected chi connectivity index (χ2v) is 7.30. The van der Waals surface area contributed by atoms with Gasteiger partial charge < -0.3 is 5.32 Å². The molecular weight excluding hydrogens is 276 g/mol. The van der Waals surface area contributed by atoms with E-state index in [2.05, 4.69) is 5.32 Å². The molecule has 1 unspecified atom stereocenters. The van der Waals surface area contributed by atoms with E-state index in [1.165, 1.54) is 0 Å². The maximum absolute atomic E-state index is 11.9. The third-order valence-corrected chi connectivity index (χ3v) is 5.20. The number of sulfone groups is 1. The first-order chi connectivity index (χ1) is 9.48. The molecule has 1 atom stereocenters. The van der Waals surface area contributed by atoms with Gasteiger partial charge in [-0.05, 0) is 37.0 Å². The number of benzene rings is 1. The van der Waals surface area contributed by atoms with Crippen molar-refractivity contribution in [3.8, 4) is 6.07 Å². The molecular formula is C14H16N2O3S. The van der Waals surface area contributed by atoms with Crippen LogP contribution in [0.3, 0.4) is 0 Å². The molecule has 1 aliphatic heterocycles. The van der Waals surface area contributed by atoms with E-state index in [0.29, 0.717) is 17.7 Å². The summed E-state index contributed by atoms with van der Waals surface area (Å²) in [6.07, 6.45) is 1.60. The summed E-state index contributed by atoms with van der Waals surface area (Å²) in [7, 11) is -2.98. The molecule has 0 spiro atoms. The molecule has 0 bridgehead atoms. The third-order valence-electron chi connectivity index (χ3n) is 3.31. The number of nitrogens with one attached hydrogen (secondary N) is 1. The molecule has 0 radical (unpaired) electrons. The van der Waals surface area contributed by atoms with Crippen molar-refractivity contribution in [2.45, 2.75) is 19.3 Å². The van der Waals surface area contributed by atoms with Crippen LogP contribution in [0, 0.1) is 17.2 Å². The van der Waals surface area contributed by atoms with Gasteiger partial charge >= 0.3 is 0 Å². The Kier molecular flexibility index (Phi) is 4.40. The molecule has 0 aliphatic carbocycles. The summed E-state index contributed by atoms with van der Waals surface area (Å²) in [4.78, 5) is 11.9. The van der Waals surface area contributed by atoms with E-state index in [9.17, 15) is 13.2 Å². The lowest BCUT2D eigenvalue weighted by molar-refractivity contribution is -0.117. The van der Waals surface area contributed by atoms with Gasteiger partial charge in [0.1, 0.15) is 0 Å². The molecule has 1 amide bonds. The lowest BCUT2D eigenvalue weighted by Gasteiger charge is -2.21. The third kappa shape index (κ3) is 4.07. The lowest BCUT2D eigenvalue weighted by atomic mass is 10.0. The molecule has 5 nitrogen and oxygen atoms in total. The van der Waals surface area contributed by atoms with Crippen LogP contribution in [-0.2, 0) is 14.6 Å². The minimum absolute atomic E-state index is 0.0959. The van der Waals surface area contributed by atoms with Crippen LogP contribution in [0.4, 0.5) is 5.69 Å². The van der Waals surface area contributed by atoms with Crippen molar-refractivity contribution in [2.24, 2.45) is 5.92 Å². The summed E-state index contributed by atoms with van der Waals surface area (Å²) in [5.41, 5.74) is 1.04. The zero-order chi connectivity index (χ0) is 14.6. The Labute approximate surface area is 118 Å². The van der Waals surface area contributed by atoms with Crippen LogP contribution in [-0.4, -0.2) is 25.8 Å². The fraction of sp³-hybridized carbons (Fsp3) is 0.429. The molecule has 6 heteroatoms. The summed E-state index contributed by atoms with van der Waals surface area (Å²) >= 11 is 0. The summed E-state index contributed by atoms with van der Waals surface area (Å²) in [5, 5.41) is 11.5. The minimum atomic E-state index is -2.98. The van der Waals surface area contributed by atoms with E-state index in [-0.39, 0.29) is 29.8 Å². The van der Waals surface area contributed by atoms with Crippen LogP contribution in [0.1, 0.15) is 24.8 Å². The molecule has 1 heterocycles. The van der Waals surface area contributed by atoms with E-state index in [4.69, 9.17) is 5.26 Å². The number of carbonyl (C=O) groups excluding carboxylic acids is 1. The molecule has 0 saturated carbocycles. The average Bonchev–Trinajstić information content (AvgIpc) is 2.37. The SMILES string of the molecule is N#Cc1cccc(NC(=O)CC2CCCS(=O)(=O)C2)c1. The Morgan fingerprint density at radius 3 is 2.95 bits per heavy atom. The molecule has 106 valence electrons. The highest BCUT2D eigenvalue weighted by Gasteiger charge is 2.26. The normalized spacial score (nSPS) is 20.9. The van der Waals surface area contributed by atoms with E-state index in [0.717, 1.165) is 6.42 Å². The first-order valence-corrected chi connectivity index (χ1v) is 8.31. The van der Waals surface area contributed by atoms with Gasteiger partial charge in [0, 0.05) is 12.1 Å². The van der Waals surface area contributed by atoms with Crippen LogP contribution in [0.5, 0.6) is 0 Å². The maximum atomic E-state index is 11.9. The first kappa shape index (κ1) is 14.5. The van der Waals surface area contributed by atoms with Gasteiger partial charge in [-0.2, -0.15) is 5.26 Å². The van der Waals surface area contributed by atoms with E-state index < -0.39 is 9.84 Å². The Bertz CT molecular complexity index is 647. The van der Waals surface area contributed by atoms with Crippen molar-refractivity contribution in [1.82, 2.24) is 0 Å². The van der Waals surface area contributed by atoms with Gasteiger partial charge in [0.15, 0.2) is 9.84 Å². The number of rotatable bonds is 3. The number of hydrogen-bond donors (Lipinski definition) is 1. The van der Waals surface area contributed by atoms with E-state index >= 15 is 0 Å². The molecule has 1 fully saturated rings. The number of anilines is 1. The van der Waals surface area contributed by atoms with Gasteiger partial charge in [0.05, 0.1) is 23.1 Å². The van der Waals surface area contributed by atoms with Crippen molar-refractivity contribution in [3.05, 3.63) is 29.8 Å². The Balaban J connectivity index is 1.94. The van der Waals surface area contributed by atoms with Crippen molar-refractivity contribution in [2.75, 3.05) is 16.8 Å². The summed E-state index contributed by atoms with van der Waals surface area (Å²) in [6, 6.07) is 8.65. The number of hydrogen-bond acceptors (Lipinski definition) is 4. The van der Waals surface area contributed by atoms with Crippen LogP contribution in [0.25, 0.3) is 0 Å². The zero-order valence-electron chi connectivity index (χ0n) is 11.0. The van der Waals surface area contributed by atoms with Crippen molar-refractivity contribution < 1.29 is 13.2 Å². The molecule has 20 heavy (non-hydrogen) atoms. The van der Waals surface area contributed by atoms with Crippen molar-refractivity contribution >= 4 is 21.4 Å². The summed E-state index contributed by atoms with van der Waals surface area (Å²) in [6.45, 7) is 0. The van der Waals surface area contributed by atoms with Gasteiger partial charge in [-0.1, -0.05) is 6.07 Å². The monoisotopic (exact) mass is 292 g/mol.